The van der Waals surface area contributed by atoms with Crippen LogP contribution in [0, 0.1) is 5.92 Å². The first kappa shape index (κ1) is 22.5. The lowest BCUT2D eigenvalue weighted by Gasteiger charge is -2.44. The molecule has 2 aliphatic rings. The van der Waals surface area contributed by atoms with E-state index in [4.69, 9.17) is 4.52 Å². The number of aromatic hydroxyl groups is 1. The number of phenols is 1. The Hall–Kier alpha value is -3.29. The number of halogens is 3. The van der Waals surface area contributed by atoms with Crippen LogP contribution in [0.2, 0.25) is 0 Å². The third-order valence-electron chi connectivity index (χ3n) is 7.25. The number of rotatable bonds is 5. The van der Waals surface area contributed by atoms with Gasteiger partial charge in [0.2, 0.25) is 5.91 Å². The normalized spacial score (nSPS) is 21.7. The number of carbonyl (C=O) groups is 1. The van der Waals surface area contributed by atoms with Crippen molar-refractivity contribution in [2.45, 2.75) is 56.2 Å². The first-order chi connectivity index (χ1) is 16.3. The molecule has 8 heteroatoms. The summed E-state index contributed by atoms with van der Waals surface area (Å²) in [5.41, 5.74) is -0.271. The SMILES string of the molecule is O=C(NC1(c2ccccc2)CCC1)[C@@H]1CCC[C@H]1c1cc(-c2c(O)cccc2C(F)(F)F)on1. The number of hydrogen-bond acceptors (Lipinski definition) is 4. The van der Waals surface area contributed by atoms with Crippen LogP contribution in [0.25, 0.3) is 11.3 Å². The summed E-state index contributed by atoms with van der Waals surface area (Å²) in [5, 5.41) is 17.4. The molecule has 5 rings (SSSR count). The van der Waals surface area contributed by atoms with E-state index in [2.05, 4.69) is 10.5 Å². The Morgan fingerprint density at radius 3 is 2.50 bits per heavy atom. The van der Waals surface area contributed by atoms with Gasteiger partial charge < -0.3 is 14.9 Å². The van der Waals surface area contributed by atoms with Gasteiger partial charge in [0.25, 0.3) is 0 Å². The van der Waals surface area contributed by atoms with Gasteiger partial charge in [0, 0.05) is 17.9 Å². The Balaban J connectivity index is 1.40. The summed E-state index contributed by atoms with van der Waals surface area (Å²) in [6.45, 7) is 0. The zero-order valence-corrected chi connectivity index (χ0v) is 18.4. The molecule has 34 heavy (non-hydrogen) atoms. The number of phenolic OH excluding ortho intramolecular Hbond substituents is 1. The van der Waals surface area contributed by atoms with Crippen molar-refractivity contribution in [3.63, 3.8) is 0 Å². The third-order valence-corrected chi connectivity index (χ3v) is 7.25. The first-order valence-corrected chi connectivity index (χ1v) is 11.5. The molecule has 2 aliphatic carbocycles. The van der Waals surface area contributed by atoms with E-state index in [0.29, 0.717) is 18.5 Å². The van der Waals surface area contributed by atoms with Gasteiger partial charge in [-0.15, -0.1) is 0 Å². The van der Waals surface area contributed by atoms with Gasteiger partial charge in [-0.3, -0.25) is 4.79 Å². The predicted molar refractivity (Wildman–Crippen MR) is 119 cm³/mol. The molecule has 2 N–H and O–H groups in total. The van der Waals surface area contributed by atoms with Gasteiger partial charge in [0.05, 0.1) is 22.4 Å². The molecule has 0 spiro atoms. The molecule has 0 unspecified atom stereocenters. The molecule has 0 aliphatic heterocycles. The summed E-state index contributed by atoms with van der Waals surface area (Å²) >= 11 is 0. The maximum Gasteiger partial charge on any atom is 0.417 e. The maximum atomic E-state index is 13.5. The standard InChI is InChI=1S/C26H25F3N2O3/c27-26(28,29)19-11-5-12-21(32)23(19)22-15-20(31-34-22)17-9-4-10-18(17)24(33)30-25(13-6-14-25)16-7-2-1-3-8-16/h1-3,5,7-8,11-12,15,17-18,32H,4,6,9-10,13-14H2,(H,30,33)/t17-,18-/m1/s1. The van der Waals surface area contributed by atoms with Crippen LogP contribution in [0.5, 0.6) is 5.75 Å². The number of alkyl halides is 3. The summed E-state index contributed by atoms with van der Waals surface area (Å²) < 4.78 is 45.8. The number of benzene rings is 2. The second-order valence-electron chi connectivity index (χ2n) is 9.25. The fraction of sp³-hybridized carbons (Fsp3) is 0.385. The van der Waals surface area contributed by atoms with Crippen molar-refractivity contribution in [2.75, 3.05) is 0 Å². The van der Waals surface area contributed by atoms with Crippen molar-refractivity contribution >= 4 is 5.91 Å². The van der Waals surface area contributed by atoms with Crippen molar-refractivity contribution < 1.29 is 27.6 Å². The second kappa shape index (κ2) is 8.49. The second-order valence-corrected chi connectivity index (χ2v) is 9.25. The summed E-state index contributed by atoms with van der Waals surface area (Å²) in [6.07, 6.45) is 0.309. The fourth-order valence-electron chi connectivity index (χ4n) is 5.35. The molecule has 3 aromatic rings. The molecule has 2 saturated carbocycles. The zero-order valence-electron chi connectivity index (χ0n) is 18.4. The summed E-state index contributed by atoms with van der Waals surface area (Å²) in [5.74, 6) is -1.36. The van der Waals surface area contributed by atoms with E-state index >= 15 is 0 Å². The Morgan fingerprint density at radius 1 is 1.06 bits per heavy atom. The van der Waals surface area contributed by atoms with Gasteiger partial charge in [-0.1, -0.05) is 48.0 Å². The molecule has 1 aromatic heterocycles. The number of carbonyl (C=O) groups excluding carboxylic acids is 1. The van der Waals surface area contributed by atoms with Crippen LogP contribution >= 0.6 is 0 Å². The average molecular weight is 470 g/mol. The van der Waals surface area contributed by atoms with Crippen LogP contribution in [0.1, 0.15) is 61.3 Å². The predicted octanol–water partition coefficient (Wildman–Crippen LogP) is 6.15. The topological polar surface area (TPSA) is 75.4 Å². The van der Waals surface area contributed by atoms with Crippen molar-refractivity contribution in [1.82, 2.24) is 10.5 Å². The minimum atomic E-state index is -4.66. The van der Waals surface area contributed by atoms with Crippen molar-refractivity contribution in [3.8, 4) is 17.1 Å². The van der Waals surface area contributed by atoms with Gasteiger partial charge in [0.15, 0.2) is 5.76 Å². The van der Waals surface area contributed by atoms with Crippen LogP contribution in [0.15, 0.2) is 59.1 Å². The highest BCUT2D eigenvalue weighted by atomic mass is 19.4. The molecule has 0 saturated heterocycles. The third kappa shape index (κ3) is 3.95. The first-order valence-electron chi connectivity index (χ1n) is 11.5. The van der Waals surface area contributed by atoms with Gasteiger partial charge >= 0.3 is 6.18 Å². The Bertz CT molecular complexity index is 1190. The van der Waals surface area contributed by atoms with Gasteiger partial charge in [0.1, 0.15) is 5.75 Å². The van der Waals surface area contributed by atoms with Crippen molar-refractivity contribution in [3.05, 3.63) is 71.4 Å². The molecule has 2 aromatic carbocycles. The Morgan fingerprint density at radius 2 is 1.82 bits per heavy atom. The highest BCUT2D eigenvalue weighted by Crippen LogP contribution is 2.46. The molecule has 5 nitrogen and oxygen atoms in total. The molecule has 178 valence electrons. The van der Waals surface area contributed by atoms with Crippen molar-refractivity contribution in [2.24, 2.45) is 5.92 Å². The van der Waals surface area contributed by atoms with E-state index < -0.39 is 23.1 Å². The van der Waals surface area contributed by atoms with Crippen LogP contribution in [-0.4, -0.2) is 16.2 Å². The van der Waals surface area contributed by atoms with E-state index in [1.54, 1.807) is 0 Å². The van der Waals surface area contributed by atoms with Crippen LogP contribution < -0.4 is 5.32 Å². The molecule has 1 amide bonds. The van der Waals surface area contributed by atoms with Gasteiger partial charge in [-0.2, -0.15) is 13.2 Å². The van der Waals surface area contributed by atoms with Crippen LogP contribution in [-0.2, 0) is 16.5 Å². The number of nitrogens with one attached hydrogen (secondary N) is 1. The lowest BCUT2D eigenvalue weighted by atomic mass is 9.71. The fourth-order valence-corrected chi connectivity index (χ4v) is 5.35. The molecular formula is C26H25F3N2O3. The number of amides is 1. The smallest absolute Gasteiger partial charge is 0.417 e. The monoisotopic (exact) mass is 470 g/mol. The number of aromatic nitrogens is 1. The number of hydrogen-bond donors (Lipinski definition) is 2. The molecule has 2 atom stereocenters. The minimum Gasteiger partial charge on any atom is -0.507 e. The lowest BCUT2D eigenvalue weighted by Crippen LogP contribution is -2.52. The molecule has 0 radical (unpaired) electrons. The molecule has 1 heterocycles. The van der Waals surface area contributed by atoms with Crippen LogP contribution in [0.4, 0.5) is 13.2 Å². The molecular weight excluding hydrogens is 445 g/mol. The van der Waals surface area contributed by atoms with E-state index in [1.165, 1.54) is 12.1 Å². The van der Waals surface area contributed by atoms with E-state index in [9.17, 15) is 23.1 Å². The number of nitrogens with zero attached hydrogens (tertiary/aromatic N) is 1. The molecule has 2 fully saturated rings. The average Bonchev–Trinajstić information content (AvgIpc) is 3.45. The summed E-state index contributed by atoms with van der Waals surface area (Å²) in [6, 6.07) is 14.6. The van der Waals surface area contributed by atoms with E-state index in [1.807, 2.05) is 30.3 Å². The lowest BCUT2D eigenvalue weighted by molar-refractivity contribution is -0.137. The molecule has 0 bridgehead atoms. The Kier molecular flexibility index (Phi) is 5.62. The van der Waals surface area contributed by atoms with E-state index in [0.717, 1.165) is 43.4 Å². The van der Waals surface area contributed by atoms with Crippen LogP contribution in [0.3, 0.4) is 0 Å². The minimum absolute atomic E-state index is 0.0610. The summed E-state index contributed by atoms with van der Waals surface area (Å²) in [7, 11) is 0. The van der Waals surface area contributed by atoms with Crippen molar-refractivity contribution in [1.29, 1.82) is 0 Å². The summed E-state index contributed by atoms with van der Waals surface area (Å²) in [4.78, 5) is 13.4. The Labute approximate surface area is 195 Å². The maximum absolute atomic E-state index is 13.5. The highest BCUT2D eigenvalue weighted by molar-refractivity contribution is 5.81. The zero-order chi connectivity index (χ0) is 23.9. The quantitative estimate of drug-likeness (QED) is 0.469. The van der Waals surface area contributed by atoms with Gasteiger partial charge in [-0.05, 0) is 49.8 Å². The van der Waals surface area contributed by atoms with Gasteiger partial charge in [-0.25, -0.2) is 0 Å². The highest BCUT2D eigenvalue weighted by Gasteiger charge is 2.44. The largest absolute Gasteiger partial charge is 0.507 e. The van der Waals surface area contributed by atoms with E-state index in [-0.39, 0.29) is 29.0 Å².